The molecular weight excluding hydrogens is 558 g/mol. The van der Waals surface area contributed by atoms with E-state index in [-0.39, 0.29) is 60.0 Å². The van der Waals surface area contributed by atoms with Gasteiger partial charge in [-0.05, 0) is 73.4 Å². The van der Waals surface area contributed by atoms with Crippen molar-refractivity contribution < 1.29 is 32.7 Å². The minimum atomic E-state index is -0.922. The highest BCUT2D eigenvalue weighted by molar-refractivity contribution is 6.06. The number of nitrogens with one attached hydrogen (secondary N) is 2. The number of carbonyl (C=O) groups is 4. The van der Waals surface area contributed by atoms with Crippen LogP contribution in [-0.4, -0.2) is 47.5 Å². The Morgan fingerprint density at radius 1 is 1.07 bits per heavy atom. The summed E-state index contributed by atoms with van der Waals surface area (Å²) >= 11 is 0. The molecule has 228 valence electrons. The zero-order valence-corrected chi connectivity index (χ0v) is 24.5. The number of esters is 1. The topological polar surface area (TPSA) is 133 Å². The molecule has 1 fully saturated rings. The highest BCUT2D eigenvalue weighted by atomic mass is 19.1. The maximum absolute atomic E-state index is 15.6. The molecule has 2 aromatic carbocycles. The van der Waals surface area contributed by atoms with E-state index in [1.165, 1.54) is 29.7 Å². The summed E-state index contributed by atoms with van der Waals surface area (Å²) in [6.07, 6.45) is 3.14. The van der Waals surface area contributed by atoms with Gasteiger partial charge in [-0.25, -0.2) is 8.78 Å². The number of fused-ring (bicyclic) bond motifs is 3. The summed E-state index contributed by atoms with van der Waals surface area (Å²) < 4.78 is 36.3. The average molecular weight is 595 g/mol. The van der Waals surface area contributed by atoms with Crippen LogP contribution in [0.4, 0.5) is 14.5 Å². The fraction of sp³-hybridized carbons (Fsp3) is 0.438. The lowest BCUT2D eigenvalue weighted by molar-refractivity contribution is -0.141. The molecule has 0 radical (unpaired) electrons. The van der Waals surface area contributed by atoms with Crippen LogP contribution in [0.1, 0.15) is 73.7 Å². The van der Waals surface area contributed by atoms with Crippen LogP contribution in [0.3, 0.4) is 0 Å². The predicted molar refractivity (Wildman–Crippen MR) is 158 cm³/mol. The number of primary amides is 1. The van der Waals surface area contributed by atoms with E-state index < -0.39 is 23.5 Å². The smallest absolute Gasteiger partial charge is 0.302 e. The van der Waals surface area contributed by atoms with Gasteiger partial charge >= 0.3 is 5.97 Å². The molecule has 11 heteroatoms. The first-order valence-corrected chi connectivity index (χ1v) is 14.5. The van der Waals surface area contributed by atoms with E-state index in [0.29, 0.717) is 59.8 Å². The van der Waals surface area contributed by atoms with Gasteiger partial charge in [-0.1, -0.05) is 13.8 Å². The molecule has 2 amide bonds. The van der Waals surface area contributed by atoms with Gasteiger partial charge < -0.3 is 21.1 Å². The van der Waals surface area contributed by atoms with E-state index in [4.69, 9.17) is 10.5 Å². The average Bonchev–Trinajstić information content (AvgIpc) is 3.23. The van der Waals surface area contributed by atoms with Crippen molar-refractivity contribution in [1.82, 2.24) is 9.88 Å². The monoisotopic (exact) mass is 594 g/mol. The van der Waals surface area contributed by atoms with Crippen molar-refractivity contribution in [3.8, 4) is 11.1 Å². The fourth-order valence-corrected chi connectivity index (χ4v) is 6.44. The molecule has 2 heterocycles. The van der Waals surface area contributed by atoms with Gasteiger partial charge in [0.2, 0.25) is 11.8 Å². The molecule has 5 rings (SSSR count). The molecule has 1 aliphatic carbocycles. The Hall–Kier alpha value is -4.28. The first kappa shape index (κ1) is 30.2. The van der Waals surface area contributed by atoms with Crippen LogP contribution in [0.2, 0.25) is 0 Å². The number of benzene rings is 2. The first-order valence-electron chi connectivity index (χ1n) is 14.5. The second kappa shape index (κ2) is 11.8. The van der Waals surface area contributed by atoms with E-state index >= 15 is 4.39 Å². The third kappa shape index (κ3) is 6.25. The van der Waals surface area contributed by atoms with E-state index in [1.807, 2.05) is 13.8 Å². The Balaban J connectivity index is 1.44. The summed E-state index contributed by atoms with van der Waals surface area (Å²) in [5.41, 5.74) is 7.36. The van der Waals surface area contributed by atoms with Gasteiger partial charge in [-0.15, -0.1) is 0 Å². The number of anilines is 1. The summed E-state index contributed by atoms with van der Waals surface area (Å²) in [6.45, 7) is 5.61. The van der Waals surface area contributed by atoms with Crippen molar-refractivity contribution in [2.45, 2.75) is 65.3 Å². The van der Waals surface area contributed by atoms with Crippen molar-refractivity contribution in [3.63, 3.8) is 0 Å². The number of carbonyl (C=O) groups excluding carboxylic acids is 4. The van der Waals surface area contributed by atoms with Crippen LogP contribution in [0.25, 0.3) is 22.0 Å². The number of hydrogen-bond acceptors (Lipinski definition) is 6. The molecule has 43 heavy (non-hydrogen) atoms. The molecule has 1 saturated carbocycles. The minimum Gasteiger partial charge on any atom is -0.464 e. The van der Waals surface area contributed by atoms with Crippen LogP contribution >= 0.6 is 0 Å². The van der Waals surface area contributed by atoms with Crippen molar-refractivity contribution in [1.29, 1.82) is 0 Å². The molecule has 0 saturated heterocycles. The SMILES string of the molecule is CC(=O)OCCNC(=O)[C@H]1CC[C@H](Nc2cc(-c3c4n(c5cc(F)ccc35)C(=O)CC(C)(C)C4)cc(F)c2C(N)=O)CC1. The van der Waals surface area contributed by atoms with E-state index in [1.54, 1.807) is 12.1 Å². The predicted octanol–water partition coefficient (Wildman–Crippen LogP) is 4.95. The summed E-state index contributed by atoms with van der Waals surface area (Å²) in [5.74, 6) is -3.10. The van der Waals surface area contributed by atoms with E-state index in [2.05, 4.69) is 10.6 Å². The van der Waals surface area contributed by atoms with E-state index in [9.17, 15) is 23.6 Å². The maximum atomic E-state index is 15.6. The normalized spacial score (nSPS) is 19.5. The number of nitrogens with two attached hydrogens (primary N) is 1. The van der Waals surface area contributed by atoms with Crippen LogP contribution in [0.5, 0.6) is 0 Å². The highest BCUT2D eigenvalue weighted by Crippen LogP contribution is 2.44. The molecule has 1 aliphatic heterocycles. The lowest BCUT2D eigenvalue weighted by Crippen LogP contribution is -2.37. The summed E-state index contributed by atoms with van der Waals surface area (Å²) in [4.78, 5) is 49.1. The summed E-state index contributed by atoms with van der Waals surface area (Å²) in [7, 11) is 0. The number of amides is 2. The van der Waals surface area contributed by atoms with Gasteiger partial charge in [0.25, 0.3) is 5.91 Å². The number of nitrogens with zero attached hydrogens (tertiary/aromatic N) is 1. The maximum Gasteiger partial charge on any atom is 0.302 e. The lowest BCUT2D eigenvalue weighted by atomic mass is 9.80. The fourth-order valence-electron chi connectivity index (χ4n) is 6.44. The second-order valence-electron chi connectivity index (χ2n) is 12.3. The molecular formula is C32H36F2N4O5. The van der Waals surface area contributed by atoms with Gasteiger partial charge in [0.1, 0.15) is 18.2 Å². The number of halogens is 2. The molecule has 0 spiro atoms. The third-order valence-electron chi connectivity index (χ3n) is 8.34. The van der Waals surface area contributed by atoms with Gasteiger partial charge in [0, 0.05) is 41.9 Å². The minimum absolute atomic E-state index is 0.108. The molecule has 0 bridgehead atoms. The van der Waals surface area contributed by atoms with Crippen LogP contribution in [0.15, 0.2) is 30.3 Å². The van der Waals surface area contributed by atoms with Crippen molar-refractivity contribution >= 4 is 40.3 Å². The Morgan fingerprint density at radius 2 is 1.79 bits per heavy atom. The highest BCUT2D eigenvalue weighted by Gasteiger charge is 2.36. The quantitative estimate of drug-likeness (QED) is 0.250. The number of aromatic nitrogens is 1. The number of hydrogen-bond donors (Lipinski definition) is 3. The Morgan fingerprint density at radius 3 is 2.47 bits per heavy atom. The zero-order valence-electron chi connectivity index (χ0n) is 24.5. The zero-order chi connectivity index (χ0) is 31.1. The van der Waals surface area contributed by atoms with Crippen LogP contribution in [0, 0.1) is 23.0 Å². The first-order chi connectivity index (χ1) is 20.3. The molecule has 2 aliphatic rings. The number of ether oxygens (including phenoxy) is 1. The Kier molecular flexibility index (Phi) is 8.27. The van der Waals surface area contributed by atoms with Crippen LogP contribution < -0.4 is 16.4 Å². The Labute approximate surface area is 248 Å². The third-order valence-corrected chi connectivity index (χ3v) is 8.34. The van der Waals surface area contributed by atoms with Crippen molar-refractivity contribution in [3.05, 3.63) is 53.2 Å². The second-order valence-corrected chi connectivity index (χ2v) is 12.3. The van der Waals surface area contributed by atoms with Crippen molar-refractivity contribution in [2.75, 3.05) is 18.5 Å². The lowest BCUT2D eigenvalue weighted by Gasteiger charge is -2.31. The molecule has 9 nitrogen and oxygen atoms in total. The van der Waals surface area contributed by atoms with Gasteiger partial charge in [-0.2, -0.15) is 0 Å². The molecule has 0 unspecified atom stereocenters. The van der Waals surface area contributed by atoms with Gasteiger partial charge in [-0.3, -0.25) is 23.7 Å². The molecule has 4 N–H and O–H groups in total. The molecule has 0 atom stereocenters. The van der Waals surface area contributed by atoms with Gasteiger partial charge in [0.05, 0.1) is 23.3 Å². The molecule has 1 aromatic heterocycles. The summed E-state index contributed by atoms with van der Waals surface area (Å²) in [5, 5.41) is 6.69. The van der Waals surface area contributed by atoms with E-state index in [0.717, 1.165) is 0 Å². The number of rotatable bonds is 8. The largest absolute Gasteiger partial charge is 0.464 e. The van der Waals surface area contributed by atoms with Crippen LogP contribution in [-0.2, 0) is 20.7 Å². The molecule has 3 aromatic rings. The van der Waals surface area contributed by atoms with Gasteiger partial charge in [0.15, 0.2) is 0 Å². The Bertz CT molecular complexity index is 1620. The summed E-state index contributed by atoms with van der Waals surface area (Å²) in [6, 6.07) is 6.99. The van der Waals surface area contributed by atoms with Crippen molar-refractivity contribution in [2.24, 2.45) is 17.1 Å². The standard InChI is InChI=1S/C32H36F2N4O5/c1-17(39)43-11-10-36-31(42)18-4-7-21(8-5-18)37-24-13-19(12-23(34)29(24)30(35)41)28-22-9-6-20(33)14-25(22)38-26(28)15-32(2,3)16-27(38)40/h6,9,12-14,18,21,37H,4-5,7-8,10-11,15-16H2,1-3H3,(H2,35,41)(H,36,42)/t18-,21-.